The van der Waals surface area contributed by atoms with E-state index in [9.17, 15) is 9.59 Å². The Kier molecular flexibility index (Phi) is 7.23. The summed E-state index contributed by atoms with van der Waals surface area (Å²) < 4.78 is 0. The number of nitrogens with zero attached hydrogens (tertiary/aromatic N) is 2. The maximum atomic E-state index is 13.4. The van der Waals surface area contributed by atoms with Crippen LogP contribution in [-0.2, 0) is 16.1 Å². The van der Waals surface area contributed by atoms with Crippen LogP contribution in [0.25, 0.3) is 5.57 Å². The minimum Gasteiger partial charge on any atom is -0.362 e. The Morgan fingerprint density at radius 3 is 2.07 bits per heavy atom. The summed E-state index contributed by atoms with van der Waals surface area (Å²) in [6, 6.07) is 19.7. The van der Waals surface area contributed by atoms with Crippen molar-refractivity contribution in [2.75, 3.05) is 13.1 Å². The molecule has 2 amide bonds. The zero-order valence-corrected chi connectivity index (χ0v) is 17.4. The van der Waals surface area contributed by atoms with E-state index in [2.05, 4.69) is 19.1 Å². The molecule has 4 heteroatoms. The lowest BCUT2D eigenvalue weighted by atomic mass is 10.0. The second-order valence-electron chi connectivity index (χ2n) is 7.41. The monoisotopic (exact) mass is 390 g/mol. The fourth-order valence-electron chi connectivity index (χ4n) is 3.77. The summed E-state index contributed by atoms with van der Waals surface area (Å²) in [5.74, 6) is -0.331. The third-order valence-electron chi connectivity index (χ3n) is 5.36. The van der Waals surface area contributed by atoms with Crippen molar-refractivity contribution in [3.8, 4) is 0 Å². The summed E-state index contributed by atoms with van der Waals surface area (Å²) in [6.07, 6.45) is 4.13. The van der Waals surface area contributed by atoms with E-state index in [-0.39, 0.29) is 11.8 Å². The first kappa shape index (κ1) is 20.8. The van der Waals surface area contributed by atoms with E-state index in [1.165, 1.54) is 4.90 Å². The molecule has 0 atom stereocenters. The summed E-state index contributed by atoms with van der Waals surface area (Å²) in [4.78, 5) is 30.1. The molecule has 2 aromatic rings. The molecule has 0 fully saturated rings. The van der Waals surface area contributed by atoms with Gasteiger partial charge in [0, 0.05) is 19.6 Å². The van der Waals surface area contributed by atoms with Crippen LogP contribution >= 0.6 is 0 Å². The van der Waals surface area contributed by atoms with Crippen LogP contribution in [0.4, 0.5) is 0 Å². The van der Waals surface area contributed by atoms with Gasteiger partial charge in [0.15, 0.2) is 0 Å². The largest absolute Gasteiger partial charge is 0.362 e. The van der Waals surface area contributed by atoms with Gasteiger partial charge in [0.25, 0.3) is 11.8 Å². The van der Waals surface area contributed by atoms with Crippen LogP contribution in [-0.4, -0.2) is 34.7 Å². The Morgan fingerprint density at radius 2 is 1.45 bits per heavy atom. The lowest BCUT2D eigenvalue weighted by Crippen LogP contribution is -2.35. The Hall–Kier alpha value is -2.88. The van der Waals surface area contributed by atoms with Gasteiger partial charge < -0.3 is 4.90 Å². The molecular weight excluding hydrogens is 360 g/mol. The first-order valence-electron chi connectivity index (χ1n) is 10.6. The van der Waals surface area contributed by atoms with Crippen molar-refractivity contribution in [3.05, 3.63) is 77.5 Å². The highest BCUT2D eigenvalue weighted by molar-refractivity contribution is 6.35. The highest BCUT2D eigenvalue weighted by Gasteiger charge is 2.40. The van der Waals surface area contributed by atoms with Gasteiger partial charge >= 0.3 is 0 Å². The van der Waals surface area contributed by atoms with E-state index >= 15 is 0 Å². The maximum Gasteiger partial charge on any atom is 0.277 e. The van der Waals surface area contributed by atoms with Crippen molar-refractivity contribution in [2.45, 2.75) is 46.1 Å². The predicted molar refractivity (Wildman–Crippen MR) is 117 cm³/mol. The van der Waals surface area contributed by atoms with Crippen molar-refractivity contribution >= 4 is 17.4 Å². The molecule has 0 saturated heterocycles. The van der Waals surface area contributed by atoms with E-state index in [4.69, 9.17) is 0 Å². The Morgan fingerprint density at radius 1 is 0.793 bits per heavy atom. The van der Waals surface area contributed by atoms with Gasteiger partial charge in [0.1, 0.15) is 5.70 Å². The third-order valence-corrected chi connectivity index (χ3v) is 5.36. The topological polar surface area (TPSA) is 40.6 Å². The SMILES string of the molecule is CCCCCCN1C(=O)C(c2ccccc2)=C(N(CC)Cc2ccccc2)C1=O. The van der Waals surface area contributed by atoms with Gasteiger partial charge in [-0.15, -0.1) is 0 Å². The Labute approximate surface area is 173 Å². The quantitative estimate of drug-likeness (QED) is 0.429. The summed E-state index contributed by atoms with van der Waals surface area (Å²) in [6.45, 7) is 5.93. The number of hydrogen-bond acceptors (Lipinski definition) is 3. The summed E-state index contributed by atoms with van der Waals surface area (Å²) in [5.41, 5.74) is 2.99. The fraction of sp³-hybridized carbons (Fsp3) is 0.360. The lowest BCUT2D eigenvalue weighted by molar-refractivity contribution is -0.137. The van der Waals surface area contributed by atoms with E-state index in [1.807, 2.05) is 60.4 Å². The number of carbonyl (C=O) groups is 2. The minimum atomic E-state index is -0.167. The summed E-state index contributed by atoms with van der Waals surface area (Å²) in [7, 11) is 0. The second kappa shape index (κ2) is 10.1. The van der Waals surface area contributed by atoms with Gasteiger partial charge in [-0.1, -0.05) is 86.8 Å². The standard InChI is InChI=1S/C25H30N2O2/c1-3-5-6-13-18-27-24(28)22(21-16-11-8-12-17-21)23(25(27)29)26(4-2)19-20-14-9-7-10-15-20/h7-12,14-17H,3-6,13,18-19H2,1-2H3. The molecule has 0 N–H and O–H groups in total. The molecule has 29 heavy (non-hydrogen) atoms. The number of imide groups is 1. The number of hydrogen-bond donors (Lipinski definition) is 0. The van der Waals surface area contributed by atoms with E-state index in [0.29, 0.717) is 30.9 Å². The Bertz CT molecular complexity index is 859. The average molecular weight is 391 g/mol. The molecule has 0 spiro atoms. The molecule has 3 rings (SSSR count). The predicted octanol–water partition coefficient (Wildman–Crippen LogP) is 4.87. The zero-order chi connectivity index (χ0) is 20.6. The highest BCUT2D eigenvalue weighted by atomic mass is 16.2. The van der Waals surface area contributed by atoms with Crippen molar-refractivity contribution in [1.82, 2.24) is 9.80 Å². The van der Waals surface area contributed by atoms with Gasteiger partial charge in [-0.2, -0.15) is 0 Å². The van der Waals surface area contributed by atoms with Crippen molar-refractivity contribution in [2.24, 2.45) is 0 Å². The number of likely N-dealkylation sites (N-methyl/N-ethyl adjacent to an activating group) is 1. The normalized spacial score (nSPS) is 14.1. The molecule has 1 aliphatic rings. The van der Waals surface area contributed by atoms with Crippen molar-refractivity contribution in [1.29, 1.82) is 0 Å². The van der Waals surface area contributed by atoms with Crippen molar-refractivity contribution < 1.29 is 9.59 Å². The van der Waals surface area contributed by atoms with Gasteiger partial charge in [0.05, 0.1) is 5.57 Å². The molecule has 1 heterocycles. The van der Waals surface area contributed by atoms with Crippen LogP contribution < -0.4 is 0 Å². The maximum absolute atomic E-state index is 13.4. The summed E-state index contributed by atoms with van der Waals surface area (Å²) in [5, 5.41) is 0. The molecule has 0 unspecified atom stereocenters. The second-order valence-corrected chi connectivity index (χ2v) is 7.41. The number of unbranched alkanes of at least 4 members (excludes halogenated alkanes) is 3. The summed E-state index contributed by atoms with van der Waals surface area (Å²) >= 11 is 0. The molecular formula is C25H30N2O2. The molecule has 4 nitrogen and oxygen atoms in total. The van der Waals surface area contributed by atoms with Gasteiger partial charge in [-0.3, -0.25) is 14.5 Å². The number of benzene rings is 2. The molecule has 0 bridgehead atoms. The minimum absolute atomic E-state index is 0.164. The molecule has 0 aromatic heterocycles. The van der Waals surface area contributed by atoms with Crippen LogP contribution in [0, 0.1) is 0 Å². The van der Waals surface area contributed by atoms with E-state index in [0.717, 1.165) is 36.8 Å². The highest BCUT2D eigenvalue weighted by Crippen LogP contribution is 2.32. The third kappa shape index (κ3) is 4.76. The molecule has 2 aromatic carbocycles. The van der Waals surface area contributed by atoms with Gasteiger partial charge in [-0.05, 0) is 24.5 Å². The fourth-order valence-corrected chi connectivity index (χ4v) is 3.77. The number of rotatable bonds is 10. The van der Waals surface area contributed by atoms with Crippen LogP contribution in [0.5, 0.6) is 0 Å². The van der Waals surface area contributed by atoms with Crippen LogP contribution in [0.3, 0.4) is 0 Å². The Balaban J connectivity index is 1.94. The van der Waals surface area contributed by atoms with Gasteiger partial charge in [-0.25, -0.2) is 0 Å². The van der Waals surface area contributed by atoms with Crippen LogP contribution in [0.2, 0.25) is 0 Å². The van der Waals surface area contributed by atoms with Crippen molar-refractivity contribution in [3.63, 3.8) is 0 Å². The lowest BCUT2D eigenvalue weighted by Gasteiger charge is -2.25. The van der Waals surface area contributed by atoms with E-state index < -0.39 is 0 Å². The zero-order valence-electron chi connectivity index (χ0n) is 17.4. The first-order valence-corrected chi connectivity index (χ1v) is 10.6. The first-order chi connectivity index (χ1) is 14.2. The molecule has 0 radical (unpaired) electrons. The molecule has 0 aliphatic carbocycles. The molecule has 152 valence electrons. The van der Waals surface area contributed by atoms with E-state index in [1.54, 1.807) is 0 Å². The van der Waals surface area contributed by atoms with Crippen LogP contribution in [0.15, 0.2) is 66.4 Å². The molecule has 1 aliphatic heterocycles. The average Bonchev–Trinajstić information content (AvgIpc) is 3.01. The molecule has 0 saturated carbocycles. The van der Waals surface area contributed by atoms with Crippen LogP contribution in [0.1, 0.15) is 50.7 Å². The number of amides is 2. The smallest absolute Gasteiger partial charge is 0.277 e. The van der Waals surface area contributed by atoms with Gasteiger partial charge in [0.2, 0.25) is 0 Å². The number of carbonyl (C=O) groups excluding carboxylic acids is 2.